The summed E-state index contributed by atoms with van der Waals surface area (Å²) in [5, 5.41) is 1.81. The fourth-order valence-electron chi connectivity index (χ4n) is 2.62. The van der Waals surface area contributed by atoms with Crippen LogP contribution >= 0.6 is 11.3 Å². The van der Waals surface area contributed by atoms with E-state index in [0.717, 1.165) is 11.1 Å². The van der Waals surface area contributed by atoms with Gasteiger partial charge in [-0.05, 0) is 23.1 Å². The van der Waals surface area contributed by atoms with Gasteiger partial charge < -0.3 is 4.74 Å². The first-order valence-electron chi connectivity index (χ1n) is 9.05. The van der Waals surface area contributed by atoms with Crippen LogP contribution in [-0.4, -0.2) is 24.2 Å². The molecule has 2 amide bonds. The molecule has 0 unspecified atom stereocenters. The molecule has 0 aliphatic rings. The molecule has 0 fully saturated rings. The smallest absolute Gasteiger partial charge is 0.276 e. The van der Waals surface area contributed by atoms with Gasteiger partial charge in [0.2, 0.25) is 5.91 Å². The maximum Gasteiger partial charge on any atom is 0.276 e. The van der Waals surface area contributed by atoms with Crippen molar-refractivity contribution < 1.29 is 19.1 Å². The number of ether oxygens (including phenoxy) is 1. The van der Waals surface area contributed by atoms with E-state index in [1.54, 1.807) is 18.2 Å². The van der Waals surface area contributed by atoms with Crippen LogP contribution in [0.1, 0.15) is 22.5 Å². The summed E-state index contributed by atoms with van der Waals surface area (Å²) < 4.78 is 5.62. The molecular weight excluding hydrogens is 388 g/mol. The number of hydrogen-bond acceptors (Lipinski definition) is 5. The Bertz CT molecular complexity index is 971. The summed E-state index contributed by atoms with van der Waals surface area (Å²) in [4.78, 5) is 36.3. The number of Topliss-reactive ketones (excluding diaryl/α,β-unsaturated/α-hetero) is 1. The standard InChI is InChI=1S/C22H20N2O4S/c25-18(20-11-6-14-29-20)12-13-21(26)23-24-22(27)15-28-19-10-5-4-9-17(19)16-7-2-1-3-8-16/h1-11,14H,12-13,15H2,(H,23,26)(H,24,27). The molecule has 2 aromatic carbocycles. The van der Waals surface area contributed by atoms with Gasteiger partial charge in [0.15, 0.2) is 12.4 Å². The van der Waals surface area contributed by atoms with Crippen molar-refractivity contribution in [2.75, 3.05) is 6.61 Å². The van der Waals surface area contributed by atoms with Crippen molar-refractivity contribution in [3.05, 3.63) is 77.0 Å². The highest BCUT2D eigenvalue weighted by Gasteiger charge is 2.12. The predicted octanol–water partition coefficient (Wildman–Crippen LogP) is 3.60. The first kappa shape index (κ1) is 20.3. The summed E-state index contributed by atoms with van der Waals surface area (Å²) in [6.45, 7) is -0.252. The SMILES string of the molecule is O=C(CCC(=O)c1cccs1)NNC(=O)COc1ccccc1-c1ccccc1. The number of hydrogen-bond donors (Lipinski definition) is 2. The van der Waals surface area contributed by atoms with Gasteiger partial charge in [-0.15, -0.1) is 11.3 Å². The number of hydrazine groups is 1. The number of rotatable bonds is 8. The van der Waals surface area contributed by atoms with E-state index in [2.05, 4.69) is 10.9 Å². The third kappa shape index (κ3) is 6.02. The van der Waals surface area contributed by atoms with Crippen molar-refractivity contribution in [3.63, 3.8) is 0 Å². The molecule has 148 valence electrons. The summed E-state index contributed by atoms with van der Waals surface area (Å²) in [6, 6.07) is 20.6. The lowest BCUT2D eigenvalue weighted by Crippen LogP contribution is -2.43. The number of thiophene rings is 1. The van der Waals surface area contributed by atoms with E-state index in [4.69, 9.17) is 4.74 Å². The average molecular weight is 408 g/mol. The van der Waals surface area contributed by atoms with Crippen LogP contribution in [0.15, 0.2) is 72.1 Å². The van der Waals surface area contributed by atoms with Crippen LogP contribution in [0.5, 0.6) is 5.75 Å². The Morgan fingerprint density at radius 2 is 1.52 bits per heavy atom. The molecule has 0 aliphatic carbocycles. The second kappa shape index (κ2) is 10.2. The maximum atomic E-state index is 12.0. The van der Waals surface area contributed by atoms with Gasteiger partial charge in [-0.25, -0.2) is 0 Å². The Morgan fingerprint density at radius 3 is 2.28 bits per heavy atom. The minimum atomic E-state index is -0.495. The Morgan fingerprint density at radius 1 is 0.793 bits per heavy atom. The molecule has 0 spiro atoms. The third-order valence-electron chi connectivity index (χ3n) is 4.05. The number of carbonyl (C=O) groups is 3. The van der Waals surface area contributed by atoms with Gasteiger partial charge in [-0.3, -0.25) is 25.2 Å². The molecule has 6 nitrogen and oxygen atoms in total. The van der Waals surface area contributed by atoms with E-state index < -0.39 is 11.8 Å². The largest absolute Gasteiger partial charge is 0.483 e. The Labute approximate surface area is 172 Å². The average Bonchev–Trinajstić information content (AvgIpc) is 3.30. The molecule has 0 saturated heterocycles. The summed E-state index contributed by atoms with van der Waals surface area (Å²) in [5.41, 5.74) is 6.45. The van der Waals surface area contributed by atoms with E-state index >= 15 is 0 Å². The molecule has 0 bridgehead atoms. The third-order valence-corrected chi connectivity index (χ3v) is 4.96. The van der Waals surface area contributed by atoms with Gasteiger partial charge in [-0.1, -0.05) is 54.6 Å². The highest BCUT2D eigenvalue weighted by atomic mass is 32.1. The number of benzene rings is 2. The summed E-state index contributed by atoms with van der Waals surface area (Å²) >= 11 is 1.34. The number of para-hydroxylation sites is 1. The minimum absolute atomic E-state index is 0.00525. The lowest BCUT2D eigenvalue weighted by molar-refractivity contribution is -0.130. The van der Waals surface area contributed by atoms with Gasteiger partial charge in [0.25, 0.3) is 5.91 Å². The topological polar surface area (TPSA) is 84.5 Å². The summed E-state index contributed by atoms with van der Waals surface area (Å²) in [6.07, 6.45) is 0.0812. The highest BCUT2D eigenvalue weighted by Crippen LogP contribution is 2.29. The lowest BCUT2D eigenvalue weighted by atomic mass is 10.1. The molecule has 3 aromatic rings. The van der Waals surface area contributed by atoms with Crippen molar-refractivity contribution in [2.24, 2.45) is 0 Å². The molecule has 1 heterocycles. The van der Waals surface area contributed by atoms with Crippen LogP contribution < -0.4 is 15.6 Å². The maximum absolute atomic E-state index is 12.0. The molecule has 1 aromatic heterocycles. The fraction of sp³-hybridized carbons (Fsp3) is 0.136. The summed E-state index contributed by atoms with van der Waals surface area (Å²) in [7, 11) is 0. The van der Waals surface area contributed by atoms with Crippen molar-refractivity contribution >= 4 is 28.9 Å². The first-order chi connectivity index (χ1) is 14.1. The van der Waals surface area contributed by atoms with Crippen LogP contribution in [0.2, 0.25) is 0 Å². The Balaban J connectivity index is 1.44. The van der Waals surface area contributed by atoms with Gasteiger partial charge in [0, 0.05) is 18.4 Å². The number of amides is 2. The van der Waals surface area contributed by atoms with E-state index in [0.29, 0.717) is 10.6 Å². The van der Waals surface area contributed by atoms with Crippen molar-refractivity contribution in [1.29, 1.82) is 0 Å². The van der Waals surface area contributed by atoms with E-state index in [1.807, 2.05) is 53.9 Å². The predicted molar refractivity (Wildman–Crippen MR) is 112 cm³/mol. The van der Waals surface area contributed by atoms with Crippen LogP contribution in [0.25, 0.3) is 11.1 Å². The number of carbonyl (C=O) groups excluding carboxylic acids is 3. The second-order valence-electron chi connectivity index (χ2n) is 6.15. The Kier molecular flexibility index (Phi) is 7.13. The van der Waals surface area contributed by atoms with E-state index in [1.165, 1.54) is 11.3 Å². The molecule has 0 aliphatic heterocycles. The molecule has 7 heteroatoms. The van der Waals surface area contributed by atoms with Crippen LogP contribution in [0.3, 0.4) is 0 Å². The zero-order chi connectivity index (χ0) is 20.5. The van der Waals surface area contributed by atoms with Gasteiger partial charge in [-0.2, -0.15) is 0 Å². The van der Waals surface area contributed by atoms with Gasteiger partial charge in [0.1, 0.15) is 5.75 Å². The molecule has 2 N–H and O–H groups in total. The monoisotopic (exact) mass is 408 g/mol. The van der Waals surface area contributed by atoms with Gasteiger partial charge in [0.05, 0.1) is 4.88 Å². The normalized spacial score (nSPS) is 10.2. The van der Waals surface area contributed by atoms with Crippen molar-refractivity contribution in [1.82, 2.24) is 10.9 Å². The zero-order valence-electron chi connectivity index (χ0n) is 15.6. The quantitative estimate of drug-likeness (QED) is 0.441. The zero-order valence-corrected chi connectivity index (χ0v) is 16.4. The van der Waals surface area contributed by atoms with E-state index in [9.17, 15) is 14.4 Å². The van der Waals surface area contributed by atoms with Crippen LogP contribution in [-0.2, 0) is 9.59 Å². The van der Waals surface area contributed by atoms with Crippen LogP contribution in [0.4, 0.5) is 0 Å². The minimum Gasteiger partial charge on any atom is -0.483 e. The van der Waals surface area contributed by atoms with Crippen molar-refractivity contribution in [3.8, 4) is 16.9 Å². The number of nitrogens with one attached hydrogen (secondary N) is 2. The lowest BCUT2D eigenvalue weighted by Gasteiger charge is -2.12. The molecule has 0 atom stereocenters. The first-order valence-corrected chi connectivity index (χ1v) is 9.93. The molecule has 0 saturated carbocycles. The van der Waals surface area contributed by atoms with E-state index in [-0.39, 0.29) is 25.2 Å². The van der Waals surface area contributed by atoms with Crippen LogP contribution in [0, 0.1) is 0 Å². The Hall–Kier alpha value is -3.45. The highest BCUT2D eigenvalue weighted by molar-refractivity contribution is 7.12. The molecule has 29 heavy (non-hydrogen) atoms. The fourth-order valence-corrected chi connectivity index (χ4v) is 3.31. The molecule has 0 radical (unpaired) electrons. The second-order valence-corrected chi connectivity index (χ2v) is 7.10. The molecular formula is C22H20N2O4S. The molecule has 3 rings (SSSR count). The van der Waals surface area contributed by atoms with Crippen molar-refractivity contribution in [2.45, 2.75) is 12.8 Å². The summed E-state index contributed by atoms with van der Waals surface area (Å²) in [5.74, 6) is -0.456. The van der Waals surface area contributed by atoms with Gasteiger partial charge >= 0.3 is 0 Å². The number of ketones is 1.